The molecule has 1 atom stereocenters. The minimum atomic E-state index is 0.0429. The normalized spacial score (nSPS) is 16.8. The highest BCUT2D eigenvalue weighted by Crippen LogP contribution is 2.41. The van der Waals surface area contributed by atoms with E-state index >= 15 is 0 Å². The molecule has 3 aromatic carbocycles. The minimum absolute atomic E-state index is 0.0429. The highest BCUT2D eigenvalue weighted by Gasteiger charge is 2.32. The van der Waals surface area contributed by atoms with Crippen molar-refractivity contribution in [3.63, 3.8) is 0 Å². The summed E-state index contributed by atoms with van der Waals surface area (Å²) in [4.78, 5) is 0. The lowest BCUT2D eigenvalue weighted by Gasteiger charge is -2.45. The van der Waals surface area contributed by atoms with Crippen LogP contribution in [0.25, 0.3) is 0 Å². The molecular formula is C21H20N2O. The van der Waals surface area contributed by atoms with Gasteiger partial charge in [0, 0.05) is 12.7 Å². The minimum Gasteiger partial charge on any atom is -0.375 e. The Bertz CT molecular complexity index is 804. The number of benzene rings is 3. The van der Waals surface area contributed by atoms with Crippen LogP contribution in [0.4, 0.5) is 17.1 Å². The standard InChI is InChI=1S/C21H20N2O/c1-24-21-16-22(17-10-4-2-5-11-17)23(18-12-6-3-7-13-18)20-15-9-8-14-19(20)21/h2-15,21H,16H2,1H3. The molecule has 0 saturated carbocycles. The van der Waals surface area contributed by atoms with Gasteiger partial charge in [0.15, 0.2) is 0 Å². The van der Waals surface area contributed by atoms with Crippen LogP contribution in [-0.2, 0) is 4.74 Å². The smallest absolute Gasteiger partial charge is 0.104 e. The van der Waals surface area contributed by atoms with E-state index in [4.69, 9.17) is 4.74 Å². The fraction of sp³-hybridized carbons (Fsp3) is 0.143. The Kier molecular flexibility index (Phi) is 3.93. The second-order valence-corrected chi connectivity index (χ2v) is 5.85. The maximum absolute atomic E-state index is 5.79. The molecule has 1 heterocycles. The number of hydrogen-bond donors (Lipinski definition) is 0. The molecule has 0 bridgehead atoms. The van der Waals surface area contributed by atoms with Crippen molar-refractivity contribution in [3.05, 3.63) is 90.5 Å². The summed E-state index contributed by atoms with van der Waals surface area (Å²) < 4.78 is 5.79. The first kappa shape index (κ1) is 14.8. The summed E-state index contributed by atoms with van der Waals surface area (Å²) in [5.74, 6) is 0. The van der Waals surface area contributed by atoms with E-state index in [2.05, 4.69) is 82.8 Å². The molecule has 24 heavy (non-hydrogen) atoms. The van der Waals surface area contributed by atoms with E-state index < -0.39 is 0 Å². The van der Waals surface area contributed by atoms with Gasteiger partial charge in [0.2, 0.25) is 0 Å². The second kappa shape index (κ2) is 6.38. The number of ether oxygens (including phenoxy) is 1. The first-order valence-corrected chi connectivity index (χ1v) is 8.18. The van der Waals surface area contributed by atoms with Crippen LogP contribution in [0.2, 0.25) is 0 Å². The topological polar surface area (TPSA) is 15.7 Å². The average Bonchev–Trinajstić information content (AvgIpc) is 2.68. The third-order valence-corrected chi connectivity index (χ3v) is 4.43. The zero-order valence-corrected chi connectivity index (χ0v) is 13.7. The molecular weight excluding hydrogens is 296 g/mol. The molecule has 0 aliphatic carbocycles. The van der Waals surface area contributed by atoms with Crippen molar-refractivity contribution in [2.75, 3.05) is 23.7 Å². The molecule has 3 heteroatoms. The summed E-state index contributed by atoms with van der Waals surface area (Å²) in [6, 6.07) is 29.4. The maximum atomic E-state index is 5.79. The molecule has 3 aromatic rings. The first-order chi connectivity index (χ1) is 11.9. The molecule has 0 aromatic heterocycles. The van der Waals surface area contributed by atoms with Gasteiger partial charge in [0.25, 0.3) is 0 Å². The fourth-order valence-corrected chi connectivity index (χ4v) is 3.29. The molecule has 1 aliphatic heterocycles. The van der Waals surface area contributed by atoms with Crippen LogP contribution in [0.1, 0.15) is 11.7 Å². The van der Waals surface area contributed by atoms with Gasteiger partial charge in [-0.1, -0.05) is 54.6 Å². The molecule has 0 N–H and O–H groups in total. The van der Waals surface area contributed by atoms with E-state index in [-0.39, 0.29) is 6.10 Å². The predicted molar refractivity (Wildman–Crippen MR) is 98.6 cm³/mol. The zero-order chi connectivity index (χ0) is 16.4. The summed E-state index contributed by atoms with van der Waals surface area (Å²) in [6.45, 7) is 0.770. The van der Waals surface area contributed by atoms with Crippen LogP contribution >= 0.6 is 0 Å². The molecule has 120 valence electrons. The molecule has 0 amide bonds. The number of hydrazine groups is 1. The Morgan fingerprint density at radius 2 is 1.33 bits per heavy atom. The van der Waals surface area contributed by atoms with Crippen molar-refractivity contribution in [1.29, 1.82) is 0 Å². The molecule has 1 unspecified atom stereocenters. The molecule has 0 spiro atoms. The van der Waals surface area contributed by atoms with E-state index in [0.717, 1.165) is 23.6 Å². The average molecular weight is 316 g/mol. The van der Waals surface area contributed by atoms with Crippen molar-refractivity contribution >= 4 is 17.1 Å². The van der Waals surface area contributed by atoms with E-state index in [9.17, 15) is 0 Å². The van der Waals surface area contributed by atoms with Crippen LogP contribution in [0.3, 0.4) is 0 Å². The van der Waals surface area contributed by atoms with Crippen molar-refractivity contribution in [3.8, 4) is 0 Å². The number of fused-ring (bicyclic) bond motifs is 1. The van der Waals surface area contributed by atoms with Crippen LogP contribution in [0.15, 0.2) is 84.9 Å². The lowest BCUT2D eigenvalue weighted by atomic mass is 10.0. The number of hydrogen-bond acceptors (Lipinski definition) is 3. The van der Waals surface area contributed by atoms with Crippen LogP contribution in [0, 0.1) is 0 Å². The highest BCUT2D eigenvalue weighted by atomic mass is 16.5. The lowest BCUT2D eigenvalue weighted by molar-refractivity contribution is 0.105. The third-order valence-electron chi connectivity index (χ3n) is 4.43. The Morgan fingerprint density at radius 3 is 2.00 bits per heavy atom. The Labute approximate surface area is 142 Å². The van der Waals surface area contributed by atoms with Gasteiger partial charge in [-0.3, -0.25) is 10.0 Å². The van der Waals surface area contributed by atoms with Crippen molar-refractivity contribution in [1.82, 2.24) is 0 Å². The van der Waals surface area contributed by atoms with E-state index in [1.54, 1.807) is 7.11 Å². The lowest BCUT2D eigenvalue weighted by Crippen LogP contribution is -2.46. The van der Waals surface area contributed by atoms with Crippen LogP contribution < -0.4 is 10.0 Å². The van der Waals surface area contributed by atoms with Crippen molar-refractivity contribution < 1.29 is 4.74 Å². The SMILES string of the molecule is COC1CN(c2ccccc2)N(c2ccccc2)c2ccccc21. The molecule has 0 saturated heterocycles. The summed E-state index contributed by atoms with van der Waals surface area (Å²) in [6.07, 6.45) is 0.0429. The maximum Gasteiger partial charge on any atom is 0.104 e. The molecule has 0 fully saturated rings. The van der Waals surface area contributed by atoms with E-state index in [1.807, 2.05) is 12.1 Å². The summed E-state index contributed by atoms with van der Waals surface area (Å²) in [5.41, 5.74) is 4.67. The van der Waals surface area contributed by atoms with Crippen LogP contribution in [0.5, 0.6) is 0 Å². The summed E-state index contributed by atoms with van der Waals surface area (Å²) in [5, 5.41) is 4.56. The number of nitrogens with zero attached hydrogens (tertiary/aromatic N) is 2. The largest absolute Gasteiger partial charge is 0.375 e. The van der Waals surface area contributed by atoms with Gasteiger partial charge < -0.3 is 4.74 Å². The van der Waals surface area contributed by atoms with Gasteiger partial charge in [0.1, 0.15) is 6.10 Å². The number of rotatable bonds is 3. The van der Waals surface area contributed by atoms with Gasteiger partial charge in [-0.05, 0) is 30.3 Å². The molecule has 3 nitrogen and oxygen atoms in total. The van der Waals surface area contributed by atoms with E-state index in [1.165, 1.54) is 5.56 Å². The van der Waals surface area contributed by atoms with E-state index in [0.29, 0.717) is 0 Å². The second-order valence-electron chi connectivity index (χ2n) is 5.85. The molecule has 4 rings (SSSR count). The quantitative estimate of drug-likeness (QED) is 0.680. The Hall–Kier alpha value is -2.78. The number of methoxy groups -OCH3 is 1. The molecule has 0 radical (unpaired) electrons. The fourth-order valence-electron chi connectivity index (χ4n) is 3.29. The monoisotopic (exact) mass is 316 g/mol. The Morgan fingerprint density at radius 1 is 0.750 bits per heavy atom. The van der Waals surface area contributed by atoms with Gasteiger partial charge in [-0.2, -0.15) is 0 Å². The zero-order valence-electron chi connectivity index (χ0n) is 13.7. The van der Waals surface area contributed by atoms with Gasteiger partial charge >= 0.3 is 0 Å². The number of anilines is 3. The van der Waals surface area contributed by atoms with Crippen molar-refractivity contribution in [2.45, 2.75) is 6.10 Å². The van der Waals surface area contributed by atoms with Gasteiger partial charge in [-0.25, -0.2) is 0 Å². The first-order valence-electron chi connectivity index (χ1n) is 8.18. The molecule has 1 aliphatic rings. The predicted octanol–water partition coefficient (Wildman–Crippen LogP) is 4.95. The van der Waals surface area contributed by atoms with Crippen molar-refractivity contribution in [2.24, 2.45) is 0 Å². The third kappa shape index (κ3) is 2.53. The van der Waals surface area contributed by atoms with Gasteiger partial charge in [-0.15, -0.1) is 0 Å². The summed E-state index contributed by atoms with van der Waals surface area (Å²) in [7, 11) is 1.78. The highest BCUT2D eigenvalue weighted by molar-refractivity contribution is 5.74. The number of para-hydroxylation sites is 3. The van der Waals surface area contributed by atoms with Gasteiger partial charge in [0.05, 0.1) is 23.6 Å². The summed E-state index contributed by atoms with van der Waals surface area (Å²) >= 11 is 0. The Balaban J connectivity index is 1.89. The van der Waals surface area contributed by atoms with Crippen LogP contribution in [-0.4, -0.2) is 13.7 Å².